The van der Waals surface area contributed by atoms with Crippen molar-refractivity contribution in [2.75, 3.05) is 0 Å². The van der Waals surface area contributed by atoms with E-state index in [0.29, 0.717) is 23.6 Å². The summed E-state index contributed by atoms with van der Waals surface area (Å²) in [6.45, 7) is 4.42. The second-order valence-corrected chi connectivity index (χ2v) is 8.59. The van der Waals surface area contributed by atoms with E-state index >= 15 is 0 Å². The lowest BCUT2D eigenvalue weighted by Crippen LogP contribution is -2.23. The van der Waals surface area contributed by atoms with Crippen LogP contribution in [0.4, 0.5) is 0 Å². The number of nitrogens with zero attached hydrogens (tertiary/aromatic N) is 3. The lowest BCUT2D eigenvalue weighted by molar-refractivity contribution is 0.0950. The summed E-state index contributed by atoms with van der Waals surface area (Å²) in [7, 11) is 2.04. The van der Waals surface area contributed by atoms with Gasteiger partial charge in [-0.15, -0.1) is 0 Å². The van der Waals surface area contributed by atoms with E-state index in [2.05, 4.69) is 51.2 Å². The number of nitrogens with one attached hydrogen (secondary N) is 1. The van der Waals surface area contributed by atoms with E-state index in [4.69, 9.17) is 4.74 Å². The Bertz CT molecular complexity index is 1500. The van der Waals surface area contributed by atoms with Crippen LogP contribution in [0.15, 0.2) is 85.5 Å². The molecule has 3 aromatic heterocycles. The van der Waals surface area contributed by atoms with E-state index in [-0.39, 0.29) is 5.91 Å². The molecule has 0 saturated heterocycles. The van der Waals surface area contributed by atoms with Crippen molar-refractivity contribution >= 4 is 16.8 Å². The molecule has 2 aromatic carbocycles. The Morgan fingerprint density at radius 3 is 2.54 bits per heavy atom. The predicted octanol–water partition coefficient (Wildman–Crippen LogP) is 5.97. The molecule has 5 rings (SSSR count). The fraction of sp³-hybridized carbons (Fsp3) is 0.138. The SMILES string of the molecule is Cc1c(Oc2ccnc3cc(-c4cc(C)n(C)c4)ccc23)cccc1C(=O)NCc1ccncc1. The van der Waals surface area contributed by atoms with E-state index < -0.39 is 0 Å². The van der Waals surface area contributed by atoms with Gasteiger partial charge < -0.3 is 14.6 Å². The van der Waals surface area contributed by atoms with Crippen LogP contribution in [0.1, 0.15) is 27.2 Å². The van der Waals surface area contributed by atoms with Crippen LogP contribution in [-0.2, 0) is 13.6 Å². The average Bonchev–Trinajstić information content (AvgIpc) is 3.22. The highest BCUT2D eigenvalue weighted by molar-refractivity contribution is 5.96. The van der Waals surface area contributed by atoms with Crippen molar-refractivity contribution in [3.05, 3.63) is 108 Å². The summed E-state index contributed by atoms with van der Waals surface area (Å²) < 4.78 is 8.42. The standard InChI is InChI=1S/C29H26N4O2/c1-19-15-23(18-33(19)3)22-7-8-25-26(16-22)31-14-11-28(25)35-27-6-4-5-24(20(27)2)29(34)32-17-21-9-12-30-13-10-21/h4-16,18H,17H2,1-3H3,(H,32,34). The van der Waals surface area contributed by atoms with E-state index in [1.165, 1.54) is 5.69 Å². The van der Waals surface area contributed by atoms with Crippen molar-refractivity contribution in [1.29, 1.82) is 0 Å². The Hall–Kier alpha value is -4.45. The van der Waals surface area contributed by atoms with Crippen LogP contribution in [0.5, 0.6) is 11.5 Å². The topological polar surface area (TPSA) is 69.0 Å². The minimum atomic E-state index is -0.146. The first-order valence-corrected chi connectivity index (χ1v) is 11.5. The third-order valence-corrected chi connectivity index (χ3v) is 6.24. The Labute approximate surface area is 204 Å². The van der Waals surface area contributed by atoms with Crippen molar-refractivity contribution in [2.24, 2.45) is 7.05 Å². The second kappa shape index (κ2) is 9.43. The number of ether oxygens (including phenoxy) is 1. The first kappa shape index (κ1) is 22.3. The molecule has 6 heteroatoms. The molecule has 0 fully saturated rings. The summed E-state index contributed by atoms with van der Waals surface area (Å²) in [4.78, 5) is 21.4. The smallest absolute Gasteiger partial charge is 0.251 e. The zero-order valence-electron chi connectivity index (χ0n) is 19.9. The number of amides is 1. The monoisotopic (exact) mass is 462 g/mol. The van der Waals surface area contributed by atoms with Gasteiger partial charge in [-0.25, -0.2) is 0 Å². The molecule has 3 heterocycles. The molecule has 35 heavy (non-hydrogen) atoms. The molecular formula is C29H26N4O2. The van der Waals surface area contributed by atoms with Gasteiger partial charge in [0.15, 0.2) is 0 Å². The van der Waals surface area contributed by atoms with E-state index in [0.717, 1.165) is 33.2 Å². The van der Waals surface area contributed by atoms with Crippen LogP contribution < -0.4 is 10.1 Å². The van der Waals surface area contributed by atoms with Crippen LogP contribution in [0.3, 0.4) is 0 Å². The number of hydrogen-bond acceptors (Lipinski definition) is 4. The number of hydrogen-bond donors (Lipinski definition) is 1. The van der Waals surface area contributed by atoms with Gasteiger partial charge in [-0.3, -0.25) is 14.8 Å². The molecule has 0 aliphatic heterocycles. The Morgan fingerprint density at radius 2 is 1.77 bits per heavy atom. The molecular weight excluding hydrogens is 436 g/mol. The van der Waals surface area contributed by atoms with Gasteiger partial charge in [0.2, 0.25) is 0 Å². The summed E-state index contributed by atoms with van der Waals surface area (Å²) in [5, 5.41) is 3.88. The van der Waals surface area contributed by atoms with Crippen molar-refractivity contribution in [2.45, 2.75) is 20.4 Å². The van der Waals surface area contributed by atoms with Crippen molar-refractivity contribution in [1.82, 2.24) is 19.9 Å². The van der Waals surface area contributed by atoms with Gasteiger partial charge in [0.1, 0.15) is 11.5 Å². The number of rotatable bonds is 6. The number of carbonyl (C=O) groups excluding carboxylic acids is 1. The summed E-state index contributed by atoms with van der Waals surface area (Å²) >= 11 is 0. The fourth-order valence-electron chi connectivity index (χ4n) is 4.09. The van der Waals surface area contributed by atoms with Gasteiger partial charge in [0.05, 0.1) is 5.52 Å². The molecule has 0 bridgehead atoms. The molecule has 0 unspecified atom stereocenters. The maximum absolute atomic E-state index is 12.9. The highest BCUT2D eigenvalue weighted by atomic mass is 16.5. The number of benzene rings is 2. The Kier molecular flexibility index (Phi) is 6.02. The third kappa shape index (κ3) is 4.64. The highest BCUT2D eigenvalue weighted by Crippen LogP contribution is 2.34. The zero-order chi connectivity index (χ0) is 24.4. The average molecular weight is 463 g/mol. The van der Waals surface area contributed by atoms with Crippen molar-refractivity contribution in [3.63, 3.8) is 0 Å². The molecule has 0 radical (unpaired) electrons. The lowest BCUT2D eigenvalue weighted by Gasteiger charge is -2.14. The van der Waals surface area contributed by atoms with Crippen LogP contribution in [0, 0.1) is 13.8 Å². The number of aryl methyl sites for hydroxylation is 2. The largest absolute Gasteiger partial charge is 0.456 e. The molecule has 1 amide bonds. The summed E-state index contributed by atoms with van der Waals surface area (Å²) in [6.07, 6.45) is 7.29. The number of pyridine rings is 2. The molecule has 174 valence electrons. The van der Waals surface area contributed by atoms with Crippen molar-refractivity contribution in [3.8, 4) is 22.6 Å². The fourth-order valence-corrected chi connectivity index (χ4v) is 4.09. The van der Waals surface area contributed by atoms with Gasteiger partial charge in [-0.2, -0.15) is 0 Å². The van der Waals surface area contributed by atoms with Crippen LogP contribution >= 0.6 is 0 Å². The van der Waals surface area contributed by atoms with Crippen LogP contribution in [-0.4, -0.2) is 20.4 Å². The summed E-state index contributed by atoms with van der Waals surface area (Å²) in [5.41, 5.74) is 6.66. The molecule has 0 saturated carbocycles. The minimum Gasteiger partial charge on any atom is -0.456 e. The molecule has 0 aliphatic rings. The Balaban J connectivity index is 1.40. The zero-order valence-corrected chi connectivity index (χ0v) is 19.9. The van der Waals surface area contributed by atoms with E-state index in [1.54, 1.807) is 18.6 Å². The summed E-state index contributed by atoms with van der Waals surface area (Å²) in [6, 6.07) is 19.5. The van der Waals surface area contributed by atoms with Gasteiger partial charge >= 0.3 is 0 Å². The number of fused-ring (bicyclic) bond motifs is 1. The Morgan fingerprint density at radius 1 is 0.943 bits per heavy atom. The first-order chi connectivity index (χ1) is 17.0. The van der Waals surface area contributed by atoms with Gasteiger partial charge in [-0.1, -0.05) is 12.1 Å². The first-order valence-electron chi connectivity index (χ1n) is 11.5. The highest BCUT2D eigenvalue weighted by Gasteiger charge is 2.14. The number of carbonyl (C=O) groups is 1. The summed E-state index contributed by atoms with van der Waals surface area (Å²) in [5.74, 6) is 1.19. The molecule has 0 aliphatic carbocycles. The third-order valence-electron chi connectivity index (χ3n) is 6.24. The van der Waals surface area contributed by atoms with Gasteiger partial charge in [0, 0.05) is 60.6 Å². The molecule has 5 aromatic rings. The van der Waals surface area contributed by atoms with Crippen molar-refractivity contribution < 1.29 is 9.53 Å². The van der Waals surface area contributed by atoms with Crippen LogP contribution in [0.25, 0.3) is 22.0 Å². The van der Waals surface area contributed by atoms with E-state index in [1.807, 2.05) is 56.4 Å². The lowest BCUT2D eigenvalue weighted by atomic mass is 10.1. The molecule has 0 atom stereocenters. The van der Waals surface area contributed by atoms with E-state index in [9.17, 15) is 4.79 Å². The maximum atomic E-state index is 12.9. The van der Waals surface area contributed by atoms with Crippen LogP contribution in [0.2, 0.25) is 0 Å². The maximum Gasteiger partial charge on any atom is 0.251 e. The van der Waals surface area contributed by atoms with Gasteiger partial charge in [0.25, 0.3) is 5.91 Å². The molecule has 1 N–H and O–H groups in total. The normalized spacial score (nSPS) is 10.9. The predicted molar refractivity (Wildman–Crippen MR) is 138 cm³/mol. The molecule has 6 nitrogen and oxygen atoms in total. The van der Waals surface area contributed by atoms with Gasteiger partial charge in [-0.05, 0) is 79.1 Å². The number of aromatic nitrogens is 3. The second-order valence-electron chi connectivity index (χ2n) is 8.59. The quantitative estimate of drug-likeness (QED) is 0.337. The molecule has 0 spiro atoms. The minimum absolute atomic E-state index is 0.146.